The van der Waals surface area contributed by atoms with Gasteiger partial charge in [-0.15, -0.1) is 0 Å². The number of rotatable bonds is 7. The van der Waals surface area contributed by atoms with Crippen molar-refractivity contribution in [3.8, 4) is 17.2 Å². The van der Waals surface area contributed by atoms with Gasteiger partial charge in [0.25, 0.3) is 5.91 Å². The molecule has 7 nitrogen and oxygen atoms in total. The standard InChI is InChI=1S/C20H24N2O5/c1-12-6-7-14(8-13(12)2)20(24)21-11-18(23)22-15-9-16(25-3)19(27-5)17(10-15)26-4/h6-10H,11H2,1-5H3,(H,21,24)(H,22,23). The van der Waals surface area contributed by atoms with Gasteiger partial charge in [0.15, 0.2) is 11.5 Å². The molecule has 27 heavy (non-hydrogen) atoms. The first-order chi connectivity index (χ1) is 12.9. The van der Waals surface area contributed by atoms with Crippen LogP contribution in [0.15, 0.2) is 30.3 Å². The maximum atomic E-state index is 12.2. The molecule has 0 fully saturated rings. The lowest BCUT2D eigenvalue weighted by Gasteiger charge is -2.14. The van der Waals surface area contributed by atoms with Crippen LogP contribution in [0.1, 0.15) is 21.5 Å². The Morgan fingerprint density at radius 1 is 0.889 bits per heavy atom. The molecule has 0 spiro atoms. The maximum absolute atomic E-state index is 12.2. The van der Waals surface area contributed by atoms with Gasteiger partial charge in [-0.3, -0.25) is 9.59 Å². The highest BCUT2D eigenvalue weighted by molar-refractivity contribution is 5.99. The zero-order valence-electron chi connectivity index (χ0n) is 16.1. The normalized spacial score (nSPS) is 10.1. The van der Waals surface area contributed by atoms with E-state index in [-0.39, 0.29) is 18.4 Å². The average Bonchev–Trinajstić information content (AvgIpc) is 2.67. The number of anilines is 1. The number of ether oxygens (including phenoxy) is 3. The van der Waals surface area contributed by atoms with E-state index in [4.69, 9.17) is 14.2 Å². The monoisotopic (exact) mass is 372 g/mol. The first kappa shape index (κ1) is 20.1. The van der Waals surface area contributed by atoms with Crippen molar-refractivity contribution in [3.05, 3.63) is 47.0 Å². The van der Waals surface area contributed by atoms with Crippen LogP contribution in [0.5, 0.6) is 17.2 Å². The second-order valence-electron chi connectivity index (χ2n) is 5.94. The minimum Gasteiger partial charge on any atom is -0.493 e. The number of benzene rings is 2. The largest absolute Gasteiger partial charge is 0.493 e. The van der Waals surface area contributed by atoms with Gasteiger partial charge in [0.05, 0.1) is 27.9 Å². The minimum absolute atomic E-state index is 0.164. The van der Waals surface area contributed by atoms with Crippen molar-refractivity contribution in [2.75, 3.05) is 33.2 Å². The molecule has 0 atom stereocenters. The second-order valence-corrected chi connectivity index (χ2v) is 5.94. The molecule has 0 aliphatic rings. The Balaban J connectivity index is 2.03. The van der Waals surface area contributed by atoms with Crippen molar-refractivity contribution in [1.29, 1.82) is 0 Å². The van der Waals surface area contributed by atoms with E-state index in [1.807, 2.05) is 19.9 Å². The third-order valence-corrected chi connectivity index (χ3v) is 4.13. The molecule has 0 saturated carbocycles. The maximum Gasteiger partial charge on any atom is 0.251 e. The fourth-order valence-corrected chi connectivity index (χ4v) is 2.50. The Hall–Kier alpha value is -3.22. The summed E-state index contributed by atoms with van der Waals surface area (Å²) in [5.41, 5.74) is 3.10. The van der Waals surface area contributed by atoms with Crippen molar-refractivity contribution >= 4 is 17.5 Å². The van der Waals surface area contributed by atoms with Crippen LogP contribution in [0.3, 0.4) is 0 Å². The summed E-state index contributed by atoms with van der Waals surface area (Å²) in [7, 11) is 4.49. The molecule has 2 amide bonds. The van der Waals surface area contributed by atoms with Crippen LogP contribution in [-0.4, -0.2) is 39.7 Å². The first-order valence-corrected chi connectivity index (χ1v) is 8.35. The molecule has 0 aliphatic heterocycles. The van der Waals surface area contributed by atoms with Gasteiger partial charge in [-0.25, -0.2) is 0 Å². The first-order valence-electron chi connectivity index (χ1n) is 8.35. The van der Waals surface area contributed by atoms with E-state index in [1.165, 1.54) is 21.3 Å². The second kappa shape index (κ2) is 8.93. The van der Waals surface area contributed by atoms with Crippen LogP contribution in [0.4, 0.5) is 5.69 Å². The fourth-order valence-electron chi connectivity index (χ4n) is 2.50. The van der Waals surface area contributed by atoms with Crippen LogP contribution >= 0.6 is 0 Å². The molecule has 0 unspecified atom stereocenters. The molecule has 0 aliphatic carbocycles. The van der Waals surface area contributed by atoms with Gasteiger partial charge in [0.2, 0.25) is 11.7 Å². The van der Waals surface area contributed by atoms with Gasteiger partial charge in [-0.1, -0.05) is 6.07 Å². The number of nitrogens with one attached hydrogen (secondary N) is 2. The van der Waals surface area contributed by atoms with Crippen LogP contribution in [0, 0.1) is 13.8 Å². The highest BCUT2D eigenvalue weighted by atomic mass is 16.5. The molecule has 0 aromatic heterocycles. The smallest absolute Gasteiger partial charge is 0.251 e. The van der Waals surface area contributed by atoms with Crippen LogP contribution in [0.25, 0.3) is 0 Å². The molecule has 2 aromatic rings. The number of hydrogen-bond donors (Lipinski definition) is 2. The van der Waals surface area contributed by atoms with Gasteiger partial charge >= 0.3 is 0 Å². The van der Waals surface area contributed by atoms with Crippen LogP contribution < -0.4 is 24.8 Å². The summed E-state index contributed by atoms with van der Waals surface area (Å²) in [6.45, 7) is 3.74. The molecule has 0 bridgehead atoms. The van der Waals surface area contributed by atoms with E-state index in [2.05, 4.69) is 10.6 Å². The predicted molar refractivity (Wildman–Crippen MR) is 103 cm³/mol. The van der Waals surface area contributed by atoms with Crippen LogP contribution in [-0.2, 0) is 4.79 Å². The van der Waals surface area contributed by atoms with Crippen molar-refractivity contribution in [3.63, 3.8) is 0 Å². The summed E-state index contributed by atoms with van der Waals surface area (Å²) < 4.78 is 15.7. The molecular weight excluding hydrogens is 348 g/mol. The Labute approximate surface area is 158 Å². The summed E-state index contributed by atoms with van der Waals surface area (Å²) in [6, 6.07) is 8.63. The summed E-state index contributed by atoms with van der Waals surface area (Å²) in [6.07, 6.45) is 0. The van der Waals surface area contributed by atoms with Crippen molar-refractivity contribution in [2.45, 2.75) is 13.8 Å². The van der Waals surface area contributed by atoms with Crippen LogP contribution in [0.2, 0.25) is 0 Å². The zero-order chi connectivity index (χ0) is 20.0. The topological polar surface area (TPSA) is 85.9 Å². The van der Waals surface area contributed by atoms with Crippen molar-refractivity contribution < 1.29 is 23.8 Å². The highest BCUT2D eigenvalue weighted by Crippen LogP contribution is 2.39. The molecule has 0 saturated heterocycles. The Morgan fingerprint density at radius 2 is 1.52 bits per heavy atom. The molecule has 7 heteroatoms. The van der Waals surface area contributed by atoms with Gasteiger partial charge in [-0.2, -0.15) is 0 Å². The third kappa shape index (κ3) is 4.91. The van der Waals surface area contributed by atoms with E-state index in [0.29, 0.717) is 28.5 Å². The zero-order valence-corrected chi connectivity index (χ0v) is 16.1. The van der Waals surface area contributed by atoms with Crippen molar-refractivity contribution in [2.24, 2.45) is 0 Å². The van der Waals surface area contributed by atoms with E-state index in [1.54, 1.807) is 24.3 Å². The molecule has 2 N–H and O–H groups in total. The number of methoxy groups -OCH3 is 3. The van der Waals surface area contributed by atoms with E-state index >= 15 is 0 Å². The molecule has 2 aromatic carbocycles. The lowest BCUT2D eigenvalue weighted by atomic mass is 10.1. The molecule has 0 radical (unpaired) electrons. The van der Waals surface area contributed by atoms with Gasteiger partial charge in [0, 0.05) is 23.4 Å². The lowest BCUT2D eigenvalue weighted by molar-refractivity contribution is -0.115. The summed E-state index contributed by atoms with van der Waals surface area (Å²) in [5.74, 6) is 0.596. The van der Waals surface area contributed by atoms with Gasteiger partial charge in [0.1, 0.15) is 0 Å². The summed E-state index contributed by atoms with van der Waals surface area (Å²) in [4.78, 5) is 24.4. The minimum atomic E-state index is -0.374. The molecule has 144 valence electrons. The quantitative estimate of drug-likeness (QED) is 0.780. The van der Waals surface area contributed by atoms with E-state index in [0.717, 1.165) is 11.1 Å². The van der Waals surface area contributed by atoms with Gasteiger partial charge < -0.3 is 24.8 Å². The summed E-state index contributed by atoms with van der Waals surface area (Å²) >= 11 is 0. The average molecular weight is 372 g/mol. The Kier molecular flexibility index (Phi) is 6.65. The highest BCUT2D eigenvalue weighted by Gasteiger charge is 2.15. The third-order valence-electron chi connectivity index (χ3n) is 4.13. The lowest BCUT2D eigenvalue weighted by Crippen LogP contribution is -2.32. The number of amides is 2. The van der Waals surface area contributed by atoms with E-state index in [9.17, 15) is 9.59 Å². The summed E-state index contributed by atoms with van der Waals surface area (Å²) in [5, 5.41) is 5.31. The molecular formula is C20H24N2O5. The van der Waals surface area contributed by atoms with E-state index < -0.39 is 0 Å². The molecule has 2 rings (SSSR count). The Morgan fingerprint density at radius 3 is 2.04 bits per heavy atom. The fraction of sp³-hybridized carbons (Fsp3) is 0.300. The Bertz CT molecular complexity index is 823. The number of carbonyl (C=O) groups excluding carboxylic acids is 2. The number of hydrogen-bond acceptors (Lipinski definition) is 5. The SMILES string of the molecule is COc1cc(NC(=O)CNC(=O)c2ccc(C)c(C)c2)cc(OC)c1OC. The molecule has 0 heterocycles. The number of carbonyl (C=O) groups is 2. The number of aryl methyl sites for hydroxylation is 2. The van der Waals surface area contributed by atoms with Crippen molar-refractivity contribution in [1.82, 2.24) is 5.32 Å². The predicted octanol–water partition coefficient (Wildman–Crippen LogP) is 2.70. The van der Waals surface area contributed by atoms with Gasteiger partial charge in [-0.05, 0) is 37.1 Å².